The highest BCUT2D eigenvalue weighted by molar-refractivity contribution is 5.84. The molecule has 6 heteroatoms. The minimum absolute atomic E-state index is 0.0716. The molecule has 1 aromatic heterocycles. The van der Waals surface area contributed by atoms with Crippen molar-refractivity contribution in [3.05, 3.63) is 59.5 Å². The average molecular weight is 356 g/mol. The van der Waals surface area contributed by atoms with Gasteiger partial charge in [0.25, 0.3) is 0 Å². The van der Waals surface area contributed by atoms with Gasteiger partial charge < -0.3 is 20.0 Å². The van der Waals surface area contributed by atoms with E-state index in [9.17, 15) is 4.79 Å². The predicted molar refractivity (Wildman–Crippen MR) is 104 cm³/mol. The largest absolute Gasteiger partial charge is 0.467 e. The summed E-state index contributed by atoms with van der Waals surface area (Å²) in [7, 11) is 1.97. The minimum atomic E-state index is -0.141. The SMILES string of the molecule is CCNC(=NCC(=O)NCc1ccco1)N(C)Cc1ccc(CC)cc1. The van der Waals surface area contributed by atoms with Crippen molar-refractivity contribution in [2.45, 2.75) is 33.4 Å². The van der Waals surface area contributed by atoms with E-state index in [2.05, 4.69) is 46.8 Å². The number of amides is 1. The lowest BCUT2D eigenvalue weighted by Gasteiger charge is -2.22. The van der Waals surface area contributed by atoms with Gasteiger partial charge in [-0.1, -0.05) is 31.2 Å². The van der Waals surface area contributed by atoms with Crippen molar-refractivity contribution in [1.29, 1.82) is 0 Å². The summed E-state index contributed by atoms with van der Waals surface area (Å²) in [5, 5.41) is 6.03. The van der Waals surface area contributed by atoms with E-state index in [4.69, 9.17) is 4.42 Å². The van der Waals surface area contributed by atoms with Crippen LogP contribution in [0.2, 0.25) is 0 Å². The number of carbonyl (C=O) groups is 1. The highest BCUT2D eigenvalue weighted by Gasteiger charge is 2.08. The first-order chi connectivity index (χ1) is 12.6. The van der Waals surface area contributed by atoms with Gasteiger partial charge in [-0.05, 0) is 36.6 Å². The second-order valence-corrected chi connectivity index (χ2v) is 6.05. The Balaban J connectivity index is 1.89. The predicted octanol–water partition coefficient (Wildman–Crippen LogP) is 2.56. The normalized spacial score (nSPS) is 11.3. The van der Waals surface area contributed by atoms with E-state index < -0.39 is 0 Å². The van der Waals surface area contributed by atoms with Crippen LogP contribution in [0.5, 0.6) is 0 Å². The average Bonchev–Trinajstić information content (AvgIpc) is 3.17. The molecule has 0 aliphatic rings. The molecule has 140 valence electrons. The van der Waals surface area contributed by atoms with Crippen LogP contribution in [0.3, 0.4) is 0 Å². The highest BCUT2D eigenvalue weighted by atomic mass is 16.3. The third-order valence-electron chi connectivity index (χ3n) is 3.96. The molecule has 26 heavy (non-hydrogen) atoms. The van der Waals surface area contributed by atoms with E-state index in [1.165, 1.54) is 11.1 Å². The number of hydrogen-bond acceptors (Lipinski definition) is 3. The molecule has 0 bridgehead atoms. The van der Waals surface area contributed by atoms with Gasteiger partial charge in [-0.25, -0.2) is 4.99 Å². The van der Waals surface area contributed by atoms with Gasteiger partial charge in [0.1, 0.15) is 12.3 Å². The molecule has 0 fully saturated rings. The zero-order valence-corrected chi connectivity index (χ0v) is 15.8. The standard InChI is InChI=1S/C20H28N4O2/c1-4-16-8-10-17(11-9-16)15-24(3)20(21-5-2)23-14-19(25)22-13-18-7-6-12-26-18/h6-12H,4-5,13-15H2,1-3H3,(H,21,23)(H,22,25). The molecule has 1 heterocycles. The molecular formula is C20H28N4O2. The number of furan rings is 1. The zero-order chi connectivity index (χ0) is 18.8. The van der Waals surface area contributed by atoms with Gasteiger partial charge in [0.05, 0.1) is 12.8 Å². The molecule has 6 nitrogen and oxygen atoms in total. The molecule has 0 saturated carbocycles. The molecule has 0 atom stereocenters. The molecule has 0 aliphatic heterocycles. The van der Waals surface area contributed by atoms with Gasteiger partial charge in [0.15, 0.2) is 5.96 Å². The van der Waals surface area contributed by atoms with Crippen LogP contribution in [-0.4, -0.2) is 36.9 Å². The Kier molecular flexibility index (Phi) is 7.74. The molecule has 1 amide bonds. The van der Waals surface area contributed by atoms with Crippen molar-refractivity contribution in [2.75, 3.05) is 20.1 Å². The first-order valence-electron chi connectivity index (χ1n) is 8.98. The van der Waals surface area contributed by atoms with E-state index >= 15 is 0 Å². The molecule has 2 N–H and O–H groups in total. The van der Waals surface area contributed by atoms with Crippen LogP contribution in [0.1, 0.15) is 30.7 Å². The molecule has 0 spiro atoms. The number of nitrogens with zero attached hydrogens (tertiary/aromatic N) is 2. The maximum absolute atomic E-state index is 12.0. The van der Waals surface area contributed by atoms with Crippen LogP contribution in [-0.2, 0) is 24.3 Å². The summed E-state index contributed by atoms with van der Waals surface area (Å²) >= 11 is 0. The van der Waals surface area contributed by atoms with E-state index in [-0.39, 0.29) is 12.5 Å². The fraction of sp³-hybridized carbons (Fsp3) is 0.400. The molecule has 2 rings (SSSR count). The summed E-state index contributed by atoms with van der Waals surface area (Å²) in [4.78, 5) is 18.4. The Morgan fingerprint density at radius 2 is 1.85 bits per heavy atom. The quantitative estimate of drug-likeness (QED) is 0.563. The van der Waals surface area contributed by atoms with Gasteiger partial charge in [-0.3, -0.25) is 4.79 Å². The molecule has 0 unspecified atom stereocenters. The summed E-state index contributed by atoms with van der Waals surface area (Å²) in [6, 6.07) is 12.2. The van der Waals surface area contributed by atoms with Gasteiger partial charge in [-0.15, -0.1) is 0 Å². The lowest BCUT2D eigenvalue weighted by Crippen LogP contribution is -2.39. The van der Waals surface area contributed by atoms with Crippen molar-refractivity contribution in [3.8, 4) is 0 Å². The highest BCUT2D eigenvalue weighted by Crippen LogP contribution is 2.07. The van der Waals surface area contributed by atoms with Crippen LogP contribution < -0.4 is 10.6 Å². The van der Waals surface area contributed by atoms with Crippen LogP contribution in [0.15, 0.2) is 52.1 Å². The Morgan fingerprint density at radius 1 is 1.12 bits per heavy atom. The maximum atomic E-state index is 12.0. The molecule has 1 aromatic carbocycles. The summed E-state index contributed by atoms with van der Waals surface area (Å²) in [6.45, 7) is 6.07. The second kappa shape index (κ2) is 10.3. The second-order valence-electron chi connectivity index (χ2n) is 6.05. The Labute approximate surface area is 155 Å². The van der Waals surface area contributed by atoms with Crippen LogP contribution in [0, 0.1) is 0 Å². The van der Waals surface area contributed by atoms with E-state index in [0.717, 1.165) is 25.3 Å². The van der Waals surface area contributed by atoms with Crippen LogP contribution >= 0.6 is 0 Å². The Morgan fingerprint density at radius 3 is 2.46 bits per heavy atom. The monoisotopic (exact) mass is 356 g/mol. The van der Waals surface area contributed by atoms with Gasteiger partial charge in [0.2, 0.25) is 5.91 Å². The first-order valence-corrected chi connectivity index (χ1v) is 8.98. The third-order valence-corrected chi connectivity index (χ3v) is 3.96. The van der Waals surface area contributed by atoms with Crippen molar-refractivity contribution >= 4 is 11.9 Å². The topological polar surface area (TPSA) is 69.9 Å². The Hall–Kier alpha value is -2.76. The smallest absolute Gasteiger partial charge is 0.242 e. The number of hydrogen-bond donors (Lipinski definition) is 2. The van der Waals surface area contributed by atoms with E-state index in [0.29, 0.717) is 12.5 Å². The molecule has 0 radical (unpaired) electrons. The molecule has 0 aliphatic carbocycles. The fourth-order valence-electron chi connectivity index (χ4n) is 2.50. The van der Waals surface area contributed by atoms with E-state index in [1.807, 2.05) is 24.9 Å². The molecule has 2 aromatic rings. The maximum Gasteiger partial charge on any atom is 0.242 e. The van der Waals surface area contributed by atoms with Gasteiger partial charge in [0, 0.05) is 20.1 Å². The summed E-state index contributed by atoms with van der Waals surface area (Å²) in [5.74, 6) is 1.29. The zero-order valence-electron chi connectivity index (χ0n) is 15.8. The van der Waals surface area contributed by atoms with E-state index in [1.54, 1.807) is 12.3 Å². The number of nitrogens with one attached hydrogen (secondary N) is 2. The van der Waals surface area contributed by atoms with Gasteiger partial charge >= 0.3 is 0 Å². The third kappa shape index (κ3) is 6.27. The summed E-state index contributed by atoms with van der Waals surface area (Å²) < 4.78 is 5.20. The number of guanidine groups is 1. The van der Waals surface area contributed by atoms with Crippen molar-refractivity contribution in [1.82, 2.24) is 15.5 Å². The summed E-state index contributed by atoms with van der Waals surface area (Å²) in [5.41, 5.74) is 2.53. The van der Waals surface area contributed by atoms with Crippen LogP contribution in [0.25, 0.3) is 0 Å². The number of benzene rings is 1. The number of aliphatic imine (C=N–C) groups is 1. The molecule has 0 saturated heterocycles. The first kappa shape index (κ1) is 19.6. The van der Waals surface area contributed by atoms with Crippen molar-refractivity contribution < 1.29 is 9.21 Å². The van der Waals surface area contributed by atoms with Crippen molar-refractivity contribution in [2.24, 2.45) is 4.99 Å². The lowest BCUT2D eigenvalue weighted by atomic mass is 10.1. The molecular weight excluding hydrogens is 328 g/mol. The minimum Gasteiger partial charge on any atom is -0.467 e. The number of carbonyl (C=O) groups excluding carboxylic acids is 1. The summed E-state index contributed by atoms with van der Waals surface area (Å²) in [6.07, 6.45) is 2.62. The number of rotatable bonds is 8. The Bertz CT molecular complexity index is 693. The van der Waals surface area contributed by atoms with Crippen LogP contribution in [0.4, 0.5) is 0 Å². The van der Waals surface area contributed by atoms with Gasteiger partial charge in [-0.2, -0.15) is 0 Å². The lowest BCUT2D eigenvalue weighted by molar-refractivity contribution is -0.119. The fourth-order valence-corrected chi connectivity index (χ4v) is 2.50. The number of aryl methyl sites for hydroxylation is 1. The van der Waals surface area contributed by atoms with Crippen molar-refractivity contribution in [3.63, 3.8) is 0 Å².